The fourth-order valence-electron chi connectivity index (χ4n) is 2.81. The van der Waals surface area contributed by atoms with Crippen molar-refractivity contribution in [3.05, 3.63) is 51.2 Å². The Hall–Kier alpha value is -1.92. The van der Waals surface area contributed by atoms with Gasteiger partial charge in [0, 0.05) is 29.5 Å². The zero-order chi connectivity index (χ0) is 15.1. The van der Waals surface area contributed by atoms with Gasteiger partial charge in [-0.3, -0.25) is 9.36 Å². The molecule has 1 aromatic heterocycles. The summed E-state index contributed by atoms with van der Waals surface area (Å²) in [5.41, 5.74) is 6.19. The number of hydrogen-bond donors (Lipinski definition) is 2. The average molecular weight is 308 g/mol. The summed E-state index contributed by atoms with van der Waals surface area (Å²) in [6.45, 7) is 0. The maximum absolute atomic E-state index is 12.2. The van der Waals surface area contributed by atoms with E-state index in [-0.39, 0.29) is 17.5 Å². The highest BCUT2D eigenvalue weighted by Gasteiger charge is 2.31. The number of nitrogens with zero attached hydrogens (tertiary/aromatic N) is 2. The Bertz CT molecular complexity index is 723. The van der Waals surface area contributed by atoms with E-state index >= 15 is 0 Å². The second-order valence-electron chi connectivity index (χ2n) is 5.21. The number of carbonyl (C=O) groups is 1. The van der Waals surface area contributed by atoms with E-state index in [2.05, 4.69) is 4.98 Å². The van der Waals surface area contributed by atoms with Crippen LogP contribution in [-0.2, 0) is 11.2 Å². The maximum atomic E-state index is 12.2. The first-order valence-electron chi connectivity index (χ1n) is 6.63. The number of carboxylic acid groups (broad SMARTS) is 1. The lowest BCUT2D eigenvalue weighted by Gasteiger charge is -2.21. The lowest BCUT2D eigenvalue weighted by molar-refractivity contribution is -0.140. The number of allylic oxidation sites excluding steroid dienone is 2. The van der Waals surface area contributed by atoms with Crippen LogP contribution in [0, 0.1) is 0 Å². The van der Waals surface area contributed by atoms with Crippen LogP contribution < -0.4 is 11.3 Å². The Morgan fingerprint density at radius 1 is 1.52 bits per heavy atom. The van der Waals surface area contributed by atoms with Crippen molar-refractivity contribution in [1.29, 1.82) is 0 Å². The molecule has 0 spiro atoms. The van der Waals surface area contributed by atoms with E-state index in [0.717, 1.165) is 0 Å². The van der Waals surface area contributed by atoms with Crippen LogP contribution in [0.4, 0.5) is 0 Å². The first kappa shape index (κ1) is 14.0. The third-order valence-electron chi connectivity index (χ3n) is 3.86. The molecule has 21 heavy (non-hydrogen) atoms. The van der Waals surface area contributed by atoms with Crippen LogP contribution in [0.25, 0.3) is 0 Å². The summed E-state index contributed by atoms with van der Waals surface area (Å²) in [5, 5.41) is 9.68. The Morgan fingerprint density at radius 2 is 2.29 bits per heavy atom. The molecule has 2 unspecified atom stereocenters. The van der Waals surface area contributed by atoms with E-state index in [4.69, 9.17) is 22.4 Å². The molecule has 0 saturated heterocycles. The number of rotatable bonds is 2. The highest BCUT2D eigenvalue weighted by atomic mass is 35.5. The van der Waals surface area contributed by atoms with E-state index in [0.29, 0.717) is 29.4 Å². The molecular formula is C14H14ClN3O3. The summed E-state index contributed by atoms with van der Waals surface area (Å²) in [4.78, 5) is 27.8. The predicted molar refractivity (Wildman–Crippen MR) is 77.3 cm³/mol. The third-order valence-corrected chi connectivity index (χ3v) is 4.11. The molecule has 3 N–H and O–H groups in total. The number of nitrogens with two attached hydrogens (primary N) is 1. The largest absolute Gasteiger partial charge is 0.480 e. The van der Waals surface area contributed by atoms with Crippen LogP contribution in [0.3, 0.4) is 0 Å². The second-order valence-corrected chi connectivity index (χ2v) is 5.65. The summed E-state index contributed by atoms with van der Waals surface area (Å²) >= 11 is 5.98. The highest BCUT2D eigenvalue weighted by Crippen LogP contribution is 2.28. The van der Waals surface area contributed by atoms with Crippen molar-refractivity contribution in [2.75, 3.05) is 0 Å². The van der Waals surface area contributed by atoms with Crippen molar-refractivity contribution in [1.82, 2.24) is 9.55 Å². The van der Waals surface area contributed by atoms with Crippen molar-refractivity contribution in [3.8, 4) is 0 Å². The molecule has 0 aromatic carbocycles. The zero-order valence-corrected chi connectivity index (χ0v) is 11.8. The Balaban J connectivity index is 2.05. The molecule has 2 aliphatic rings. The third kappa shape index (κ3) is 2.41. The number of halogens is 1. The molecule has 0 amide bonds. The first-order valence-corrected chi connectivity index (χ1v) is 7.01. The number of aliphatic carboxylic acids is 1. The molecular weight excluding hydrogens is 294 g/mol. The molecule has 2 heterocycles. The van der Waals surface area contributed by atoms with E-state index in [1.165, 1.54) is 10.6 Å². The topological polar surface area (TPSA) is 98.2 Å². The van der Waals surface area contributed by atoms with Gasteiger partial charge in [-0.1, -0.05) is 23.8 Å². The minimum absolute atomic E-state index is 0.273. The number of carboxylic acids is 1. The Labute approximate surface area is 125 Å². The standard InChI is InChI=1S/C14H14ClN3O3/c15-7-1-2-9(16)8(5-7)10-6-13(19)18-11(14(20)21)3-4-12(18)17-10/h1-2,5-6,8-9,11H,3-4,16H2,(H,20,21)/t8?,9?,11-/m0/s1. The maximum Gasteiger partial charge on any atom is 0.326 e. The Kier molecular flexibility index (Phi) is 3.43. The van der Waals surface area contributed by atoms with Gasteiger partial charge in [0.25, 0.3) is 5.56 Å². The zero-order valence-electron chi connectivity index (χ0n) is 11.1. The fraction of sp³-hybridized carbons (Fsp3) is 0.357. The van der Waals surface area contributed by atoms with E-state index in [1.807, 2.05) is 0 Å². The first-order chi connectivity index (χ1) is 9.97. The van der Waals surface area contributed by atoms with E-state index < -0.39 is 12.0 Å². The number of hydrogen-bond acceptors (Lipinski definition) is 4. The molecule has 0 fully saturated rings. The average Bonchev–Trinajstić information content (AvgIpc) is 2.86. The van der Waals surface area contributed by atoms with Gasteiger partial charge in [0.05, 0.1) is 5.69 Å². The van der Waals surface area contributed by atoms with Gasteiger partial charge in [-0.15, -0.1) is 0 Å². The molecule has 6 nitrogen and oxygen atoms in total. The van der Waals surface area contributed by atoms with Crippen LogP contribution in [-0.4, -0.2) is 26.7 Å². The summed E-state index contributed by atoms with van der Waals surface area (Å²) in [7, 11) is 0. The van der Waals surface area contributed by atoms with Crippen LogP contribution >= 0.6 is 11.6 Å². The quantitative estimate of drug-likeness (QED) is 0.846. The number of aryl methyl sites for hydroxylation is 1. The van der Waals surface area contributed by atoms with Gasteiger partial charge >= 0.3 is 5.97 Å². The second kappa shape index (κ2) is 5.13. The van der Waals surface area contributed by atoms with Gasteiger partial charge in [-0.25, -0.2) is 9.78 Å². The number of aromatic nitrogens is 2. The SMILES string of the molecule is NC1C=CC(Cl)=CC1c1cc(=O)n2c(n1)CC[C@H]2C(=O)O. The molecule has 0 bridgehead atoms. The van der Waals surface area contributed by atoms with Gasteiger partial charge < -0.3 is 10.8 Å². The van der Waals surface area contributed by atoms with Crippen LogP contribution in [0.5, 0.6) is 0 Å². The summed E-state index contributed by atoms with van der Waals surface area (Å²) in [5.74, 6) is -0.785. The number of fused-ring (bicyclic) bond motifs is 1. The molecule has 0 radical (unpaired) electrons. The van der Waals surface area contributed by atoms with Crippen molar-refractivity contribution in [2.45, 2.75) is 30.8 Å². The van der Waals surface area contributed by atoms with Crippen LogP contribution in [0.2, 0.25) is 0 Å². The lowest BCUT2D eigenvalue weighted by atomic mass is 9.92. The summed E-state index contributed by atoms with van der Waals surface area (Å²) in [6.07, 6.45) is 6.08. The molecule has 3 rings (SSSR count). The van der Waals surface area contributed by atoms with Crippen molar-refractivity contribution in [3.63, 3.8) is 0 Å². The van der Waals surface area contributed by atoms with Gasteiger partial charge in [0.1, 0.15) is 11.9 Å². The van der Waals surface area contributed by atoms with E-state index in [9.17, 15) is 9.59 Å². The monoisotopic (exact) mass is 307 g/mol. The van der Waals surface area contributed by atoms with Crippen molar-refractivity contribution in [2.24, 2.45) is 5.73 Å². The molecule has 110 valence electrons. The van der Waals surface area contributed by atoms with Gasteiger partial charge in [-0.05, 0) is 12.5 Å². The minimum Gasteiger partial charge on any atom is -0.480 e. The highest BCUT2D eigenvalue weighted by molar-refractivity contribution is 6.31. The molecule has 7 heteroatoms. The van der Waals surface area contributed by atoms with Gasteiger partial charge in [0.15, 0.2) is 0 Å². The molecule has 1 aliphatic heterocycles. The smallest absolute Gasteiger partial charge is 0.326 e. The fourth-order valence-corrected chi connectivity index (χ4v) is 3.02. The van der Waals surface area contributed by atoms with Crippen molar-refractivity contribution < 1.29 is 9.90 Å². The van der Waals surface area contributed by atoms with Gasteiger partial charge in [0.2, 0.25) is 0 Å². The van der Waals surface area contributed by atoms with Crippen molar-refractivity contribution >= 4 is 17.6 Å². The molecule has 1 aromatic rings. The minimum atomic E-state index is -1.01. The molecule has 1 aliphatic carbocycles. The van der Waals surface area contributed by atoms with Crippen LogP contribution in [0.15, 0.2) is 34.1 Å². The normalized spacial score (nSPS) is 27.3. The summed E-state index contributed by atoms with van der Waals surface area (Å²) in [6, 6.07) is 0.224. The Morgan fingerprint density at radius 3 is 3.00 bits per heavy atom. The predicted octanol–water partition coefficient (Wildman–Crippen LogP) is 0.919. The molecule has 3 atom stereocenters. The molecule has 0 saturated carbocycles. The van der Waals surface area contributed by atoms with E-state index in [1.54, 1.807) is 18.2 Å². The van der Waals surface area contributed by atoms with Gasteiger partial charge in [-0.2, -0.15) is 0 Å². The van der Waals surface area contributed by atoms with Crippen LogP contribution in [0.1, 0.15) is 29.9 Å². The summed E-state index contributed by atoms with van der Waals surface area (Å²) < 4.78 is 1.25. The lowest BCUT2D eigenvalue weighted by Crippen LogP contribution is -2.32.